The van der Waals surface area contributed by atoms with Crippen LogP contribution in [0.4, 0.5) is 0 Å². The first-order chi connectivity index (χ1) is 6.31. The van der Waals surface area contributed by atoms with Gasteiger partial charge < -0.3 is 5.32 Å². The molecule has 0 aromatic heterocycles. The number of β-lactam (4-membered cyclic amide) rings is 1. The third-order valence-electron chi connectivity index (χ3n) is 2.32. The third-order valence-corrected chi connectivity index (χ3v) is 2.32. The third kappa shape index (κ3) is 1.35. The highest BCUT2D eigenvalue weighted by Crippen LogP contribution is 2.27. The SMILES string of the molecule is C=Cc1ccccc1[C@H]1CC(=O)N1. The Morgan fingerprint density at radius 1 is 1.46 bits per heavy atom. The molecule has 1 aromatic rings. The molecule has 66 valence electrons. The van der Waals surface area contributed by atoms with Gasteiger partial charge in [0.1, 0.15) is 0 Å². The number of nitrogens with one attached hydrogen (secondary N) is 1. The lowest BCUT2D eigenvalue weighted by Gasteiger charge is -2.28. The second-order valence-corrected chi connectivity index (χ2v) is 3.16. The fraction of sp³-hybridized carbons (Fsp3) is 0.182. The molecule has 1 amide bonds. The highest BCUT2D eigenvalue weighted by atomic mass is 16.2. The quantitative estimate of drug-likeness (QED) is 0.680. The summed E-state index contributed by atoms with van der Waals surface area (Å²) in [6.45, 7) is 3.74. The summed E-state index contributed by atoms with van der Waals surface area (Å²) in [5, 5.41) is 2.85. The zero-order valence-corrected chi connectivity index (χ0v) is 7.29. The van der Waals surface area contributed by atoms with Crippen LogP contribution in [-0.2, 0) is 4.79 Å². The molecular weight excluding hydrogens is 162 g/mol. The second-order valence-electron chi connectivity index (χ2n) is 3.16. The van der Waals surface area contributed by atoms with E-state index in [0.717, 1.165) is 11.1 Å². The summed E-state index contributed by atoms with van der Waals surface area (Å²) in [5.41, 5.74) is 2.27. The van der Waals surface area contributed by atoms with Gasteiger partial charge in [-0.3, -0.25) is 4.79 Å². The molecule has 1 aliphatic rings. The number of carbonyl (C=O) groups is 1. The Morgan fingerprint density at radius 3 is 2.77 bits per heavy atom. The number of benzene rings is 1. The van der Waals surface area contributed by atoms with E-state index in [0.29, 0.717) is 6.42 Å². The summed E-state index contributed by atoms with van der Waals surface area (Å²) in [6.07, 6.45) is 2.42. The molecular formula is C11H11NO. The molecule has 1 heterocycles. The molecule has 1 aromatic carbocycles. The molecule has 0 bridgehead atoms. The zero-order chi connectivity index (χ0) is 9.26. The maximum Gasteiger partial charge on any atom is 0.222 e. The van der Waals surface area contributed by atoms with Crippen molar-refractivity contribution < 1.29 is 4.79 Å². The Kier molecular flexibility index (Phi) is 1.89. The molecule has 2 rings (SSSR count). The van der Waals surface area contributed by atoms with Crippen LogP contribution >= 0.6 is 0 Å². The van der Waals surface area contributed by atoms with Crippen LogP contribution in [0.25, 0.3) is 6.08 Å². The van der Waals surface area contributed by atoms with Crippen molar-refractivity contribution in [2.24, 2.45) is 0 Å². The predicted molar refractivity (Wildman–Crippen MR) is 52.0 cm³/mol. The number of amides is 1. The van der Waals surface area contributed by atoms with Crippen LogP contribution in [0.5, 0.6) is 0 Å². The first-order valence-electron chi connectivity index (χ1n) is 4.32. The van der Waals surface area contributed by atoms with Gasteiger partial charge in [0, 0.05) is 0 Å². The fourth-order valence-electron chi connectivity index (χ4n) is 1.56. The lowest BCUT2D eigenvalue weighted by atomic mass is 9.93. The van der Waals surface area contributed by atoms with Crippen molar-refractivity contribution in [1.82, 2.24) is 5.32 Å². The van der Waals surface area contributed by atoms with Crippen molar-refractivity contribution in [3.05, 3.63) is 42.0 Å². The van der Waals surface area contributed by atoms with Crippen molar-refractivity contribution in [3.63, 3.8) is 0 Å². The smallest absolute Gasteiger partial charge is 0.222 e. The maximum atomic E-state index is 10.7. The highest BCUT2D eigenvalue weighted by molar-refractivity contribution is 5.83. The van der Waals surface area contributed by atoms with E-state index in [2.05, 4.69) is 11.9 Å². The summed E-state index contributed by atoms with van der Waals surface area (Å²) >= 11 is 0. The normalized spacial score (nSPS) is 20.3. The van der Waals surface area contributed by atoms with Crippen LogP contribution < -0.4 is 5.32 Å². The van der Waals surface area contributed by atoms with Crippen LogP contribution in [0, 0.1) is 0 Å². The molecule has 0 unspecified atom stereocenters. The van der Waals surface area contributed by atoms with Gasteiger partial charge in [-0.25, -0.2) is 0 Å². The van der Waals surface area contributed by atoms with Crippen molar-refractivity contribution in [1.29, 1.82) is 0 Å². The topological polar surface area (TPSA) is 29.1 Å². The van der Waals surface area contributed by atoms with Crippen LogP contribution in [-0.4, -0.2) is 5.91 Å². The van der Waals surface area contributed by atoms with Crippen molar-refractivity contribution >= 4 is 12.0 Å². The average molecular weight is 173 g/mol. The summed E-state index contributed by atoms with van der Waals surface area (Å²) in [7, 11) is 0. The second kappa shape index (κ2) is 3.05. The van der Waals surface area contributed by atoms with Gasteiger partial charge in [0.15, 0.2) is 0 Å². The maximum absolute atomic E-state index is 10.7. The lowest BCUT2D eigenvalue weighted by Crippen LogP contribution is -2.41. The van der Waals surface area contributed by atoms with Gasteiger partial charge >= 0.3 is 0 Å². The van der Waals surface area contributed by atoms with Gasteiger partial charge in [0.05, 0.1) is 12.5 Å². The Bertz CT molecular complexity index is 349. The van der Waals surface area contributed by atoms with Gasteiger partial charge in [-0.15, -0.1) is 0 Å². The number of carbonyl (C=O) groups excluding carboxylic acids is 1. The standard InChI is InChI=1S/C11H11NO/c1-2-8-5-3-4-6-9(8)10-7-11(13)12-10/h2-6,10H,1,7H2,(H,12,13)/t10-/m1/s1. The molecule has 13 heavy (non-hydrogen) atoms. The first kappa shape index (κ1) is 8.05. The van der Waals surface area contributed by atoms with Crippen molar-refractivity contribution in [3.8, 4) is 0 Å². The summed E-state index contributed by atoms with van der Waals surface area (Å²) < 4.78 is 0. The van der Waals surface area contributed by atoms with E-state index in [-0.39, 0.29) is 11.9 Å². The Morgan fingerprint density at radius 2 is 2.15 bits per heavy atom. The Balaban J connectivity index is 2.29. The lowest BCUT2D eigenvalue weighted by molar-refractivity contribution is -0.128. The van der Waals surface area contributed by atoms with Gasteiger partial charge in [-0.1, -0.05) is 36.9 Å². The van der Waals surface area contributed by atoms with Crippen molar-refractivity contribution in [2.75, 3.05) is 0 Å². The summed E-state index contributed by atoms with van der Waals surface area (Å²) in [4.78, 5) is 10.7. The number of hydrogen-bond acceptors (Lipinski definition) is 1. The van der Waals surface area contributed by atoms with E-state index < -0.39 is 0 Å². The minimum Gasteiger partial charge on any atom is -0.349 e. The van der Waals surface area contributed by atoms with Crippen LogP contribution in [0.3, 0.4) is 0 Å². The van der Waals surface area contributed by atoms with E-state index in [9.17, 15) is 4.79 Å². The number of hydrogen-bond donors (Lipinski definition) is 1. The monoisotopic (exact) mass is 173 g/mol. The first-order valence-corrected chi connectivity index (χ1v) is 4.32. The van der Waals surface area contributed by atoms with E-state index in [1.165, 1.54) is 0 Å². The van der Waals surface area contributed by atoms with E-state index in [1.54, 1.807) is 0 Å². The number of rotatable bonds is 2. The minimum absolute atomic E-state index is 0.129. The molecule has 1 atom stereocenters. The molecule has 2 heteroatoms. The van der Waals surface area contributed by atoms with Gasteiger partial charge in [-0.05, 0) is 11.1 Å². The molecule has 0 saturated carbocycles. The average Bonchev–Trinajstić information content (AvgIpc) is 2.13. The molecule has 1 saturated heterocycles. The van der Waals surface area contributed by atoms with E-state index >= 15 is 0 Å². The Labute approximate surface area is 77.3 Å². The van der Waals surface area contributed by atoms with E-state index in [4.69, 9.17) is 0 Å². The Hall–Kier alpha value is -1.57. The predicted octanol–water partition coefficient (Wildman–Crippen LogP) is 1.89. The minimum atomic E-state index is 0.129. The fourth-order valence-corrected chi connectivity index (χ4v) is 1.56. The van der Waals surface area contributed by atoms with Crippen LogP contribution in [0.1, 0.15) is 23.6 Å². The molecule has 0 spiro atoms. The molecule has 0 aliphatic carbocycles. The molecule has 1 N–H and O–H groups in total. The zero-order valence-electron chi connectivity index (χ0n) is 7.29. The largest absolute Gasteiger partial charge is 0.349 e. The molecule has 0 radical (unpaired) electrons. The molecule has 1 aliphatic heterocycles. The van der Waals surface area contributed by atoms with Crippen molar-refractivity contribution in [2.45, 2.75) is 12.5 Å². The molecule has 2 nitrogen and oxygen atoms in total. The van der Waals surface area contributed by atoms with Gasteiger partial charge in [0.2, 0.25) is 5.91 Å². The van der Waals surface area contributed by atoms with E-state index in [1.807, 2.05) is 30.3 Å². The summed E-state index contributed by atoms with van der Waals surface area (Å²) in [5.74, 6) is 0.129. The summed E-state index contributed by atoms with van der Waals surface area (Å²) in [6, 6.07) is 8.18. The van der Waals surface area contributed by atoms with Crippen LogP contribution in [0.2, 0.25) is 0 Å². The highest BCUT2D eigenvalue weighted by Gasteiger charge is 2.27. The molecule has 1 fully saturated rings. The van der Waals surface area contributed by atoms with Gasteiger partial charge in [-0.2, -0.15) is 0 Å². The van der Waals surface area contributed by atoms with Crippen LogP contribution in [0.15, 0.2) is 30.8 Å². The van der Waals surface area contributed by atoms with Gasteiger partial charge in [0.25, 0.3) is 0 Å².